The number of hydrogen-bond donors (Lipinski definition) is 2. The number of aromatic amines is 2. The molecule has 5 rings (SSSR count). The van der Waals surface area contributed by atoms with Crippen molar-refractivity contribution >= 4 is 21.1 Å². The molecule has 8 nitrogen and oxygen atoms in total. The minimum absolute atomic E-state index is 0.166. The van der Waals surface area contributed by atoms with Crippen molar-refractivity contribution in [2.45, 2.75) is 23.8 Å². The first kappa shape index (κ1) is 17.3. The van der Waals surface area contributed by atoms with Crippen LogP contribution in [0.25, 0.3) is 11.0 Å². The van der Waals surface area contributed by atoms with Crippen molar-refractivity contribution in [3.63, 3.8) is 0 Å². The number of sulfonamides is 1. The van der Waals surface area contributed by atoms with E-state index in [9.17, 15) is 13.2 Å². The molecule has 1 atom stereocenters. The fraction of sp³-hybridized carbons (Fsp3) is 0.316. The molecule has 28 heavy (non-hydrogen) atoms. The highest BCUT2D eigenvalue weighted by atomic mass is 32.2. The van der Waals surface area contributed by atoms with Gasteiger partial charge in [-0.15, -0.1) is 0 Å². The summed E-state index contributed by atoms with van der Waals surface area (Å²) >= 11 is 0. The summed E-state index contributed by atoms with van der Waals surface area (Å²) in [4.78, 5) is 16.9. The number of imidazole rings is 1. The Morgan fingerprint density at radius 3 is 2.61 bits per heavy atom. The number of aromatic nitrogens is 2. The Morgan fingerprint density at radius 2 is 1.75 bits per heavy atom. The van der Waals surface area contributed by atoms with Crippen LogP contribution < -0.4 is 15.2 Å². The van der Waals surface area contributed by atoms with Gasteiger partial charge in [0.1, 0.15) is 13.2 Å². The zero-order valence-corrected chi connectivity index (χ0v) is 15.8. The van der Waals surface area contributed by atoms with Crippen LogP contribution in [0.15, 0.2) is 46.1 Å². The van der Waals surface area contributed by atoms with E-state index in [2.05, 4.69) is 9.97 Å². The van der Waals surface area contributed by atoms with Crippen LogP contribution in [0.1, 0.15) is 24.4 Å². The molecule has 0 bridgehead atoms. The smallest absolute Gasteiger partial charge is 0.323 e. The number of nitrogens with zero attached hydrogens (tertiary/aromatic N) is 1. The Bertz CT molecular complexity index is 1210. The van der Waals surface area contributed by atoms with Crippen LogP contribution in [-0.2, 0) is 10.0 Å². The largest absolute Gasteiger partial charge is 0.486 e. The van der Waals surface area contributed by atoms with Crippen molar-refractivity contribution in [3.05, 3.63) is 52.4 Å². The summed E-state index contributed by atoms with van der Waals surface area (Å²) in [6.45, 7) is 1.45. The quantitative estimate of drug-likeness (QED) is 0.700. The van der Waals surface area contributed by atoms with Crippen LogP contribution in [-0.4, -0.2) is 42.4 Å². The van der Waals surface area contributed by atoms with Gasteiger partial charge in [-0.2, -0.15) is 4.31 Å². The molecule has 1 saturated heterocycles. The van der Waals surface area contributed by atoms with Gasteiger partial charge in [-0.3, -0.25) is 0 Å². The van der Waals surface area contributed by atoms with Crippen molar-refractivity contribution in [1.82, 2.24) is 14.3 Å². The molecule has 1 fully saturated rings. The van der Waals surface area contributed by atoms with E-state index in [0.717, 1.165) is 18.4 Å². The lowest BCUT2D eigenvalue weighted by atomic mass is 10.0. The Morgan fingerprint density at radius 1 is 0.964 bits per heavy atom. The summed E-state index contributed by atoms with van der Waals surface area (Å²) in [6.07, 6.45) is 1.52. The SMILES string of the molecule is O=c1[nH]c2ccc(S(=O)(=O)N3CCC[C@@H]3c3ccc4c(c3)OCCO4)cc2[nH]1. The number of fused-ring (bicyclic) bond motifs is 2. The molecule has 2 aliphatic heterocycles. The molecule has 3 heterocycles. The lowest BCUT2D eigenvalue weighted by Gasteiger charge is -2.26. The normalized spacial score (nSPS) is 19.9. The van der Waals surface area contributed by atoms with E-state index in [1.54, 1.807) is 6.07 Å². The highest BCUT2D eigenvalue weighted by molar-refractivity contribution is 7.89. The van der Waals surface area contributed by atoms with Crippen LogP contribution in [0.3, 0.4) is 0 Å². The molecule has 2 aliphatic rings. The molecule has 0 aliphatic carbocycles. The second-order valence-corrected chi connectivity index (χ2v) is 8.85. The molecule has 0 saturated carbocycles. The molecule has 0 unspecified atom stereocenters. The summed E-state index contributed by atoms with van der Waals surface area (Å²) in [6, 6.07) is 9.99. The minimum atomic E-state index is -3.71. The number of nitrogens with one attached hydrogen (secondary N) is 2. The van der Waals surface area contributed by atoms with Gasteiger partial charge in [0, 0.05) is 6.54 Å². The highest BCUT2D eigenvalue weighted by Gasteiger charge is 2.36. The standard InChI is InChI=1S/C19H19N3O5S/c23-19-20-14-5-4-13(11-15(14)21-19)28(24,25)22-7-1-2-16(22)12-3-6-17-18(10-12)27-9-8-26-17/h3-6,10-11,16H,1-2,7-9H2,(H2,20,21,23)/t16-/m1/s1. The topological polar surface area (TPSA) is 104 Å². The van der Waals surface area contributed by atoms with Gasteiger partial charge in [0.25, 0.3) is 0 Å². The molecule has 0 spiro atoms. The Kier molecular flexibility index (Phi) is 3.95. The molecule has 146 valence electrons. The van der Waals surface area contributed by atoms with E-state index in [1.165, 1.54) is 16.4 Å². The average Bonchev–Trinajstić information content (AvgIpc) is 3.33. The first-order valence-electron chi connectivity index (χ1n) is 9.16. The van der Waals surface area contributed by atoms with E-state index in [1.807, 2.05) is 18.2 Å². The Balaban J connectivity index is 1.52. The molecular formula is C19H19N3O5S. The summed E-state index contributed by atoms with van der Waals surface area (Å²) in [5.41, 5.74) is 1.58. The van der Waals surface area contributed by atoms with Crippen molar-refractivity contribution in [3.8, 4) is 11.5 Å². The first-order chi connectivity index (χ1) is 13.5. The summed E-state index contributed by atoms with van der Waals surface area (Å²) in [5, 5.41) is 0. The zero-order chi connectivity index (χ0) is 19.3. The van der Waals surface area contributed by atoms with Crippen LogP contribution in [0.2, 0.25) is 0 Å². The van der Waals surface area contributed by atoms with Gasteiger partial charge < -0.3 is 19.4 Å². The number of ether oxygens (including phenoxy) is 2. The third-order valence-electron chi connectivity index (χ3n) is 5.25. The van der Waals surface area contributed by atoms with E-state index in [0.29, 0.717) is 42.3 Å². The van der Waals surface area contributed by atoms with Crippen molar-refractivity contribution < 1.29 is 17.9 Å². The fourth-order valence-corrected chi connectivity index (χ4v) is 5.64. The van der Waals surface area contributed by atoms with E-state index < -0.39 is 10.0 Å². The van der Waals surface area contributed by atoms with Crippen LogP contribution in [0, 0.1) is 0 Å². The second-order valence-electron chi connectivity index (χ2n) is 6.96. The van der Waals surface area contributed by atoms with E-state index in [4.69, 9.17) is 9.47 Å². The predicted octanol–water partition coefficient (Wildman–Crippen LogP) is 2.15. The zero-order valence-electron chi connectivity index (χ0n) is 15.0. The number of hydrogen-bond acceptors (Lipinski definition) is 5. The van der Waals surface area contributed by atoms with Gasteiger partial charge in [-0.25, -0.2) is 13.2 Å². The molecule has 3 aromatic rings. The van der Waals surface area contributed by atoms with Gasteiger partial charge in [-0.1, -0.05) is 6.07 Å². The lowest BCUT2D eigenvalue weighted by Crippen LogP contribution is -2.30. The second kappa shape index (κ2) is 6.39. The predicted molar refractivity (Wildman–Crippen MR) is 102 cm³/mol. The van der Waals surface area contributed by atoms with Crippen LogP contribution >= 0.6 is 0 Å². The molecule has 0 radical (unpaired) electrons. The van der Waals surface area contributed by atoms with E-state index in [-0.39, 0.29) is 16.6 Å². The van der Waals surface area contributed by atoms with E-state index >= 15 is 0 Å². The van der Waals surface area contributed by atoms with Gasteiger partial charge in [0.2, 0.25) is 10.0 Å². The molecule has 0 amide bonds. The molecule has 1 aromatic heterocycles. The third kappa shape index (κ3) is 2.78. The monoisotopic (exact) mass is 401 g/mol. The van der Waals surface area contributed by atoms with Gasteiger partial charge >= 0.3 is 5.69 Å². The van der Waals surface area contributed by atoms with Gasteiger partial charge in [0.05, 0.1) is 22.0 Å². The maximum atomic E-state index is 13.3. The number of rotatable bonds is 3. The average molecular weight is 401 g/mol. The van der Waals surface area contributed by atoms with Crippen LogP contribution in [0.5, 0.6) is 11.5 Å². The van der Waals surface area contributed by atoms with Crippen LogP contribution in [0.4, 0.5) is 0 Å². The first-order valence-corrected chi connectivity index (χ1v) is 10.6. The summed E-state index contributed by atoms with van der Waals surface area (Å²) in [5.74, 6) is 1.34. The summed E-state index contributed by atoms with van der Waals surface area (Å²) < 4.78 is 39.4. The summed E-state index contributed by atoms with van der Waals surface area (Å²) in [7, 11) is -3.71. The number of H-pyrrole nitrogens is 2. The lowest BCUT2D eigenvalue weighted by molar-refractivity contribution is 0.171. The highest BCUT2D eigenvalue weighted by Crippen LogP contribution is 2.40. The maximum absolute atomic E-state index is 13.3. The van der Waals surface area contributed by atoms with Crippen molar-refractivity contribution in [2.75, 3.05) is 19.8 Å². The number of benzene rings is 2. The van der Waals surface area contributed by atoms with Crippen molar-refractivity contribution in [1.29, 1.82) is 0 Å². The Labute approximate surface area is 161 Å². The molecule has 2 aromatic carbocycles. The van der Waals surface area contributed by atoms with Crippen molar-refractivity contribution in [2.24, 2.45) is 0 Å². The molecular weight excluding hydrogens is 382 g/mol. The fourth-order valence-electron chi connectivity index (χ4n) is 3.94. The maximum Gasteiger partial charge on any atom is 0.323 e. The van der Waals surface area contributed by atoms with Gasteiger partial charge in [-0.05, 0) is 48.7 Å². The molecule has 9 heteroatoms. The third-order valence-corrected chi connectivity index (χ3v) is 7.15. The van der Waals surface area contributed by atoms with Gasteiger partial charge in [0.15, 0.2) is 11.5 Å². The Hall–Kier alpha value is -2.78. The minimum Gasteiger partial charge on any atom is -0.486 e. The molecule has 2 N–H and O–H groups in total.